The van der Waals surface area contributed by atoms with Crippen LogP contribution in [0, 0.1) is 0 Å². The van der Waals surface area contributed by atoms with Crippen molar-refractivity contribution in [3.63, 3.8) is 0 Å². The number of carbonyl (C=O) groups excluding carboxylic acids is 3. The normalized spacial score (nSPS) is 19.6. The number of rotatable bonds is 8. The molecule has 12 heteroatoms. The van der Waals surface area contributed by atoms with E-state index < -0.39 is 45.5 Å². The molecule has 0 spiro atoms. The quantitative estimate of drug-likeness (QED) is 0.543. The summed E-state index contributed by atoms with van der Waals surface area (Å²) in [5, 5.41) is 3.05. The number of aromatic nitrogens is 1. The molecule has 29 heavy (non-hydrogen) atoms. The number of urea groups is 1. The third kappa shape index (κ3) is 4.32. The van der Waals surface area contributed by atoms with Gasteiger partial charge in [-0.15, -0.1) is 0 Å². The monoisotopic (exact) mass is 427 g/mol. The molecule has 160 valence electrons. The summed E-state index contributed by atoms with van der Waals surface area (Å²) in [4.78, 5) is 48.5. The minimum atomic E-state index is -3.82. The van der Waals surface area contributed by atoms with Crippen molar-refractivity contribution < 1.29 is 22.8 Å². The molecular formula is C17H25N5O6S. The predicted molar refractivity (Wildman–Crippen MR) is 103 cm³/mol. The zero-order valence-corrected chi connectivity index (χ0v) is 17.6. The summed E-state index contributed by atoms with van der Waals surface area (Å²) in [6.45, 7) is 6.55. The first-order chi connectivity index (χ1) is 13.5. The lowest BCUT2D eigenvalue weighted by Gasteiger charge is -2.20. The number of nitrogens with zero attached hydrogens (tertiary/aromatic N) is 3. The summed E-state index contributed by atoms with van der Waals surface area (Å²) in [5.41, 5.74) is 0.432. The Morgan fingerprint density at radius 3 is 2.31 bits per heavy atom. The van der Waals surface area contributed by atoms with Crippen molar-refractivity contribution in [2.45, 2.75) is 51.1 Å². The van der Waals surface area contributed by atoms with E-state index in [0.717, 1.165) is 16.8 Å². The molecule has 1 aliphatic rings. The second-order valence-corrected chi connectivity index (χ2v) is 8.65. The van der Waals surface area contributed by atoms with Crippen LogP contribution in [0.2, 0.25) is 0 Å². The fourth-order valence-corrected chi connectivity index (χ4v) is 4.32. The van der Waals surface area contributed by atoms with Crippen LogP contribution in [0.15, 0.2) is 28.0 Å². The Morgan fingerprint density at radius 2 is 1.79 bits per heavy atom. The number of nitrogens with one attached hydrogen (secondary N) is 2. The highest BCUT2D eigenvalue weighted by molar-refractivity contribution is 7.89. The minimum absolute atomic E-state index is 0.137. The van der Waals surface area contributed by atoms with Crippen molar-refractivity contribution >= 4 is 27.9 Å². The average molecular weight is 427 g/mol. The third-order valence-corrected chi connectivity index (χ3v) is 6.85. The lowest BCUT2D eigenvalue weighted by atomic mass is 10.00. The molecule has 2 heterocycles. The zero-order valence-electron chi connectivity index (χ0n) is 16.8. The van der Waals surface area contributed by atoms with Gasteiger partial charge in [-0.05, 0) is 19.4 Å². The van der Waals surface area contributed by atoms with Gasteiger partial charge >= 0.3 is 6.03 Å². The predicted octanol–water partition coefficient (Wildman–Crippen LogP) is -0.369. The van der Waals surface area contributed by atoms with Crippen LogP contribution in [0.1, 0.15) is 34.1 Å². The lowest BCUT2D eigenvalue weighted by molar-refractivity contribution is -0.139. The molecule has 1 aromatic rings. The number of imide groups is 1. The summed E-state index contributed by atoms with van der Waals surface area (Å²) in [6, 6.07) is 1.44. The van der Waals surface area contributed by atoms with Gasteiger partial charge in [0.25, 0.3) is 17.4 Å². The van der Waals surface area contributed by atoms with Gasteiger partial charge in [0.1, 0.15) is 12.1 Å². The summed E-state index contributed by atoms with van der Waals surface area (Å²) in [6.07, 6.45) is 1.40. The Labute approximate surface area is 168 Å². The average Bonchev–Trinajstić information content (AvgIpc) is 2.87. The van der Waals surface area contributed by atoms with Crippen molar-refractivity contribution in [3.05, 3.63) is 28.7 Å². The number of hydrogen-bond acceptors (Lipinski definition) is 6. The topological polar surface area (TPSA) is 138 Å². The summed E-state index contributed by atoms with van der Waals surface area (Å²) >= 11 is 0. The molecule has 0 radical (unpaired) electrons. The summed E-state index contributed by atoms with van der Waals surface area (Å²) in [7, 11) is -3.82. The first kappa shape index (κ1) is 22.6. The Balaban J connectivity index is 2.22. The molecule has 11 nitrogen and oxygen atoms in total. The first-order valence-corrected chi connectivity index (χ1v) is 10.6. The van der Waals surface area contributed by atoms with Crippen LogP contribution in [0.4, 0.5) is 4.79 Å². The second-order valence-electron chi connectivity index (χ2n) is 6.71. The molecule has 1 saturated heterocycles. The van der Waals surface area contributed by atoms with Gasteiger partial charge in [-0.3, -0.25) is 19.8 Å². The second kappa shape index (κ2) is 8.33. The lowest BCUT2D eigenvalue weighted by Crippen LogP contribution is -2.49. The van der Waals surface area contributed by atoms with Gasteiger partial charge in [0.05, 0.1) is 4.90 Å². The van der Waals surface area contributed by atoms with Gasteiger partial charge in [-0.1, -0.05) is 20.8 Å². The Kier molecular flexibility index (Phi) is 6.48. The van der Waals surface area contributed by atoms with Crippen LogP contribution in [0.3, 0.4) is 0 Å². The van der Waals surface area contributed by atoms with E-state index in [0.29, 0.717) is 11.4 Å². The molecule has 1 aliphatic heterocycles. The van der Waals surface area contributed by atoms with Gasteiger partial charge in [-0.25, -0.2) is 13.2 Å². The molecule has 1 fully saturated rings. The van der Waals surface area contributed by atoms with Crippen LogP contribution < -0.4 is 16.3 Å². The molecule has 2 N–H and O–H groups in total. The van der Waals surface area contributed by atoms with Gasteiger partial charge < -0.3 is 9.88 Å². The molecule has 1 atom stereocenters. The SMILES string of the molecule is CCN(CC)S(=O)(=O)c1ccc(=O)n(CC(=O)NN2C(=O)N[C@](C)(CC)C2=O)c1. The maximum absolute atomic E-state index is 12.6. The van der Waals surface area contributed by atoms with Crippen LogP contribution in [0.25, 0.3) is 0 Å². The number of hydrazine groups is 1. The molecule has 1 aromatic heterocycles. The molecule has 4 amide bonds. The number of amides is 4. The number of sulfonamides is 1. The molecule has 0 aliphatic carbocycles. The van der Waals surface area contributed by atoms with Crippen molar-refractivity contribution in [1.82, 2.24) is 24.6 Å². The van der Waals surface area contributed by atoms with Gasteiger partial charge in [0.15, 0.2) is 0 Å². The Bertz CT molecular complexity index is 984. The molecule has 0 saturated carbocycles. The van der Waals surface area contributed by atoms with Crippen LogP contribution >= 0.6 is 0 Å². The highest BCUT2D eigenvalue weighted by atomic mass is 32.2. The Morgan fingerprint density at radius 1 is 1.17 bits per heavy atom. The fraction of sp³-hybridized carbons (Fsp3) is 0.529. The van der Waals surface area contributed by atoms with Crippen molar-refractivity contribution in [2.75, 3.05) is 13.1 Å². The van der Waals surface area contributed by atoms with E-state index in [-0.39, 0.29) is 18.0 Å². The van der Waals surface area contributed by atoms with Crippen molar-refractivity contribution in [1.29, 1.82) is 0 Å². The highest BCUT2D eigenvalue weighted by Gasteiger charge is 2.47. The number of carbonyl (C=O) groups is 3. The summed E-state index contributed by atoms with van der Waals surface area (Å²) in [5.74, 6) is -1.45. The smallest absolute Gasteiger partial charge is 0.322 e. The third-order valence-electron chi connectivity index (χ3n) is 4.82. The van der Waals surface area contributed by atoms with E-state index in [1.54, 1.807) is 20.8 Å². The van der Waals surface area contributed by atoms with E-state index in [9.17, 15) is 27.6 Å². The van der Waals surface area contributed by atoms with E-state index in [4.69, 9.17) is 0 Å². The summed E-state index contributed by atoms with van der Waals surface area (Å²) < 4.78 is 27.4. The molecule has 0 aromatic carbocycles. The Hall–Kier alpha value is -2.73. The van der Waals surface area contributed by atoms with Gasteiger partial charge in [0, 0.05) is 25.4 Å². The molecule has 0 bridgehead atoms. The maximum atomic E-state index is 12.6. The fourth-order valence-electron chi connectivity index (χ4n) is 2.84. The number of pyridine rings is 1. The maximum Gasteiger partial charge on any atom is 0.344 e. The molecule has 0 unspecified atom stereocenters. The van der Waals surface area contributed by atoms with E-state index in [1.807, 2.05) is 0 Å². The standard InChI is InChI=1S/C17H25N5O6S/c1-5-17(4)15(25)22(16(26)18-17)19-13(23)11-20-10-12(8-9-14(20)24)29(27,28)21(6-2)7-3/h8-10H,5-7,11H2,1-4H3,(H,18,26)(H,19,23)/t17-/m1/s1. The minimum Gasteiger partial charge on any atom is -0.322 e. The molecular weight excluding hydrogens is 402 g/mol. The zero-order chi connectivity index (χ0) is 22.0. The van der Waals surface area contributed by atoms with Gasteiger partial charge in [-0.2, -0.15) is 9.31 Å². The largest absolute Gasteiger partial charge is 0.344 e. The number of hydrogen-bond donors (Lipinski definition) is 2. The van der Waals surface area contributed by atoms with Gasteiger partial charge in [0.2, 0.25) is 10.0 Å². The molecule has 2 rings (SSSR count). The van der Waals surface area contributed by atoms with Crippen molar-refractivity contribution in [3.8, 4) is 0 Å². The van der Waals surface area contributed by atoms with E-state index in [1.165, 1.54) is 17.3 Å². The van der Waals surface area contributed by atoms with E-state index >= 15 is 0 Å². The highest BCUT2D eigenvalue weighted by Crippen LogP contribution is 2.19. The van der Waals surface area contributed by atoms with Crippen LogP contribution in [-0.4, -0.2) is 58.8 Å². The van der Waals surface area contributed by atoms with Crippen LogP contribution in [0.5, 0.6) is 0 Å². The van der Waals surface area contributed by atoms with Crippen molar-refractivity contribution in [2.24, 2.45) is 0 Å². The van der Waals surface area contributed by atoms with E-state index in [2.05, 4.69) is 10.7 Å². The van der Waals surface area contributed by atoms with Crippen LogP contribution in [-0.2, 0) is 26.2 Å². The first-order valence-electron chi connectivity index (χ1n) is 9.17.